The van der Waals surface area contributed by atoms with Gasteiger partial charge in [-0.05, 0) is 37.8 Å². The van der Waals surface area contributed by atoms with Crippen molar-refractivity contribution in [2.75, 3.05) is 20.3 Å². The number of hydrogen-bond acceptors (Lipinski definition) is 3. The lowest BCUT2D eigenvalue weighted by Gasteiger charge is -2.28. The number of nitrogens with one attached hydrogen (secondary N) is 1. The molecule has 0 amide bonds. The third kappa shape index (κ3) is 3.74. The average Bonchev–Trinajstić information content (AvgIpc) is 3.30. The van der Waals surface area contributed by atoms with E-state index >= 15 is 0 Å². The minimum atomic E-state index is 0.213. The van der Waals surface area contributed by atoms with Crippen molar-refractivity contribution in [2.24, 2.45) is 5.92 Å². The Morgan fingerprint density at radius 3 is 2.60 bits per heavy atom. The minimum absolute atomic E-state index is 0.213. The molecule has 1 aromatic rings. The number of hydrogen-bond donors (Lipinski definition) is 1. The molecule has 1 N–H and O–H groups in total. The zero-order chi connectivity index (χ0) is 14.4. The summed E-state index contributed by atoms with van der Waals surface area (Å²) < 4.78 is 11.7. The zero-order valence-corrected chi connectivity index (χ0v) is 12.9. The first-order valence-electron chi connectivity index (χ1n) is 7.79. The Labute approximate surface area is 122 Å². The molecule has 0 saturated heterocycles. The summed E-state index contributed by atoms with van der Waals surface area (Å²) in [6.45, 7) is 5.96. The van der Waals surface area contributed by atoms with Crippen LogP contribution in [0.1, 0.15) is 44.7 Å². The summed E-state index contributed by atoms with van der Waals surface area (Å²) in [4.78, 5) is 0. The maximum absolute atomic E-state index is 5.91. The SMILES string of the molecule is CCCOc1ccccc1C(NCC)C(OC)C1CC1. The smallest absolute Gasteiger partial charge is 0.124 e. The Morgan fingerprint density at radius 2 is 2.00 bits per heavy atom. The van der Waals surface area contributed by atoms with E-state index in [4.69, 9.17) is 9.47 Å². The standard InChI is InChI=1S/C17H27NO2/c1-4-12-20-15-9-7-6-8-14(15)16(18-5-2)17(19-3)13-10-11-13/h6-9,13,16-18H,4-5,10-12H2,1-3H3. The first-order chi connectivity index (χ1) is 9.81. The second-order valence-electron chi connectivity index (χ2n) is 5.46. The van der Waals surface area contributed by atoms with Crippen molar-refractivity contribution in [1.29, 1.82) is 0 Å². The molecule has 2 atom stereocenters. The Balaban J connectivity index is 2.23. The van der Waals surface area contributed by atoms with Gasteiger partial charge in [0.1, 0.15) is 5.75 Å². The number of likely N-dealkylation sites (N-methyl/N-ethyl adjacent to an activating group) is 1. The van der Waals surface area contributed by atoms with E-state index in [-0.39, 0.29) is 12.1 Å². The molecule has 1 fully saturated rings. The lowest BCUT2D eigenvalue weighted by atomic mass is 9.97. The monoisotopic (exact) mass is 277 g/mol. The molecule has 0 aromatic heterocycles. The van der Waals surface area contributed by atoms with Gasteiger partial charge >= 0.3 is 0 Å². The predicted molar refractivity (Wildman–Crippen MR) is 82.2 cm³/mol. The van der Waals surface area contributed by atoms with Crippen LogP contribution in [0.3, 0.4) is 0 Å². The van der Waals surface area contributed by atoms with Crippen LogP contribution in [0, 0.1) is 5.92 Å². The molecule has 112 valence electrons. The molecule has 2 rings (SSSR count). The lowest BCUT2D eigenvalue weighted by Crippen LogP contribution is -2.35. The average molecular weight is 277 g/mol. The molecule has 3 nitrogen and oxygen atoms in total. The van der Waals surface area contributed by atoms with Gasteiger partial charge in [-0.25, -0.2) is 0 Å². The highest BCUT2D eigenvalue weighted by molar-refractivity contribution is 5.37. The summed E-state index contributed by atoms with van der Waals surface area (Å²) in [6.07, 6.45) is 3.81. The summed E-state index contributed by atoms with van der Waals surface area (Å²) in [5.74, 6) is 1.67. The van der Waals surface area contributed by atoms with Crippen LogP contribution in [-0.4, -0.2) is 26.4 Å². The van der Waals surface area contributed by atoms with Gasteiger partial charge in [-0.15, -0.1) is 0 Å². The van der Waals surface area contributed by atoms with Crippen molar-refractivity contribution in [3.63, 3.8) is 0 Å². The highest BCUT2D eigenvalue weighted by Gasteiger charge is 2.38. The summed E-state index contributed by atoms with van der Waals surface area (Å²) in [5, 5.41) is 3.58. The predicted octanol–water partition coefficient (Wildman–Crippen LogP) is 3.55. The van der Waals surface area contributed by atoms with Gasteiger partial charge in [0.15, 0.2) is 0 Å². The lowest BCUT2D eigenvalue weighted by molar-refractivity contribution is 0.0502. The van der Waals surface area contributed by atoms with Gasteiger partial charge < -0.3 is 14.8 Å². The van der Waals surface area contributed by atoms with Crippen LogP contribution in [0.5, 0.6) is 5.75 Å². The molecule has 0 bridgehead atoms. The molecule has 2 unspecified atom stereocenters. The maximum Gasteiger partial charge on any atom is 0.124 e. The number of rotatable bonds is 9. The fraction of sp³-hybridized carbons (Fsp3) is 0.647. The van der Waals surface area contributed by atoms with Gasteiger partial charge in [0.2, 0.25) is 0 Å². The van der Waals surface area contributed by atoms with Gasteiger partial charge in [-0.3, -0.25) is 0 Å². The largest absolute Gasteiger partial charge is 0.493 e. The van der Waals surface area contributed by atoms with Crippen molar-refractivity contribution in [3.05, 3.63) is 29.8 Å². The van der Waals surface area contributed by atoms with E-state index in [9.17, 15) is 0 Å². The van der Waals surface area contributed by atoms with Gasteiger partial charge in [0.05, 0.1) is 18.8 Å². The second-order valence-corrected chi connectivity index (χ2v) is 5.46. The maximum atomic E-state index is 5.91. The normalized spacial score (nSPS) is 17.8. The van der Waals surface area contributed by atoms with Crippen LogP contribution in [0.2, 0.25) is 0 Å². The van der Waals surface area contributed by atoms with Crippen LogP contribution in [0.15, 0.2) is 24.3 Å². The van der Waals surface area contributed by atoms with Crippen molar-refractivity contribution < 1.29 is 9.47 Å². The molecule has 1 saturated carbocycles. The Kier molecular flexibility index (Phi) is 5.86. The van der Waals surface area contributed by atoms with E-state index in [1.807, 2.05) is 13.2 Å². The van der Waals surface area contributed by atoms with E-state index in [1.165, 1.54) is 18.4 Å². The molecular weight excluding hydrogens is 250 g/mol. The third-order valence-electron chi connectivity index (χ3n) is 3.83. The van der Waals surface area contributed by atoms with Crippen molar-refractivity contribution in [1.82, 2.24) is 5.32 Å². The Bertz CT molecular complexity index is 404. The Morgan fingerprint density at radius 1 is 1.25 bits per heavy atom. The number of benzene rings is 1. The fourth-order valence-electron chi connectivity index (χ4n) is 2.73. The van der Waals surface area contributed by atoms with Crippen LogP contribution >= 0.6 is 0 Å². The van der Waals surface area contributed by atoms with E-state index in [0.29, 0.717) is 5.92 Å². The van der Waals surface area contributed by atoms with Crippen LogP contribution < -0.4 is 10.1 Å². The highest BCUT2D eigenvalue weighted by atomic mass is 16.5. The summed E-state index contributed by atoms with van der Waals surface area (Å²) in [6, 6.07) is 8.56. The molecule has 1 aliphatic carbocycles. The summed E-state index contributed by atoms with van der Waals surface area (Å²) in [7, 11) is 1.82. The minimum Gasteiger partial charge on any atom is -0.493 e. The van der Waals surface area contributed by atoms with E-state index in [0.717, 1.165) is 25.3 Å². The molecule has 1 aromatic carbocycles. The van der Waals surface area contributed by atoms with Gasteiger partial charge in [0.25, 0.3) is 0 Å². The van der Waals surface area contributed by atoms with Crippen LogP contribution in [0.4, 0.5) is 0 Å². The van der Waals surface area contributed by atoms with Gasteiger partial charge in [0, 0.05) is 12.7 Å². The number of methoxy groups -OCH3 is 1. The topological polar surface area (TPSA) is 30.5 Å². The quantitative estimate of drug-likeness (QED) is 0.749. The van der Waals surface area contributed by atoms with E-state index in [1.54, 1.807) is 0 Å². The highest BCUT2D eigenvalue weighted by Crippen LogP contribution is 2.41. The molecule has 0 radical (unpaired) electrons. The zero-order valence-electron chi connectivity index (χ0n) is 12.9. The first kappa shape index (κ1) is 15.3. The summed E-state index contributed by atoms with van der Waals surface area (Å²) >= 11 is 0. The molecule has 1 aliphatic rings. The Hall–Kier alpha value is -1.06. The fourth-order valence-corrected chi connectivity index (χ4v) is 2.73. The second kappa shape index (κ2) is 7.65. The molecule has 0 spiro atoms. The first-order valence-corrected chi connectivity index (χ1v) is 7.79. The van der Waals surface area contributed by atoms with Crippen LogP contribution in [0.25, 0.3) is 0 Å². The van der Waals surface area contributed by atoms with Crippen molar-refractivity contribution in [3.8, 4) is 5.75 Å². The van der Waals surface area contributed by atoms with Crippen molar-refractivity contribution >= 4 is 0 Å². The molecular formula is C17H27NO2. The third-order valence-corrected chi connectivity index (χ3v) is 3.83. The van der Waals surface area contributed by atoms with Gasteiger partial charge in [-0.1, -0.05) is 32.0 Å². The van der Waals surface area contributed by atoms with Gasteiger partial charge in [-0.2, -0.15) is 0 Å². The van der Waals surface area contributed by atoms with Crippen LogP contribution in [-0.2, 0) is 4.74 Å². The molecule has 0 aliphatic heterocycles. The molecule has 3 heteroatoms. The number of para-hydroxylation sites is 1. The van der Waals surface area contributed by atoms with Crippen molar-refractivity contribution in [2.45, 2.75) is 45.3 Å². The number of ether oxygens (including phenoxy) is 2. The van der Waals surface area contributed by atoms with E-state index < -0.39 is 0 Å². The van der Waals surface area contributed by atoms with E-state index in [2.05, 4.69) is 37.4 Å². The molecule has 0 heterocycles. The molecule has 20 heavy (non-hydrogen) atoms. The summed E-state index contributed by atoms with van der Waals surface area (Å²) in [5.41, 5.74) is 1.22.